The second-order valence-corrected chi connectivity index (χ2v) is 0.865. The number of allylic oxidation sites excluding steroid dienone is 1. The average molecular weight is 88.1 g/mol. The molecule has 36 valence electrons. The zero-order chi connectivity index (χ0) is 4.83. The van der Waals surface area contributed by atoms with Crippen LogP contribution in [0.1, 0.15) is 6.92 Å². The summed E-state index contributed by atoms with van der Waals surface area (Å²) >= 11 is 0. The molecule has 0 atom stereocenters. The van der Waals surface area contributed by atoms with Crippen molar-refractivity contribution in [1.82, 2.24) is 0 Å². The van der Waals surface area contributed by atoms with Crippen molar-refractivity contribution < 1.29 is 10.1 Å². The second kappa shape index (κ2) is 4.66. The van der Waals surface area contributed by atoms with E-state index in [-0.39, 0.29) is 6.61 Å². The third-order valence-corrected chi connectivity index (χ3v) is 0.406. The van der Waals surface area contributed by atoms with E-state index in [1.807, 2.05) is 6.92 Å². The van der Waals surface area contributed by atoms with Gasteiger partial charge < -0.3 is 0 Å². The van der Waals surface area contributed by atoms with Gasteiger partial charge in [0.2, 0.25) is 0 Å². The van der Waals surface area contributed by atoms with E-state index < -0.39 is 0 Å². The van der Waals surface area contributed by atoms with E-state index in [0.29, 0.717) is 0 Å². The first kappa shape index (κ1) is 5.66. The van der Waals surface area contributed by atoms with Crippen molar-refractivity contribution in [1.29, 1.82) is 0 Å². The molecule has 0 heterocycles. The predicted molar refractivity (Wildman–Crippen MR) is 23.4 cm³/mol. The number of rotatable bonds is 2. The highest BCUT2D eigenvalue weighted by Gasteiger charge is 1.64. The zero-order valence-electron chi connectivity index (χ0n) is 3.72. The minimum Gasteiger partial charge on any atom is -0.252 e. The molecule has 0 aliphatic rings. The van der Waals surface area contributed by atoms with Crippen LogP contribution in [0.5, 0.6) is 0 Å². The molecule has 2 heteroatoms. The SMILES string of the molecule is C/C=C/COO. The first-order valence-corrected chi connectivity index (χ1v) is 1.79. The topological polar surface area (TPSA) is 29.5 Å². The van der Waals surface area contributed by atoms with Gasteiger partial charge in [0.15, 0.2) is 0 Å². The fourth-order valence-corrected chi connectivity index (χ4v) is 0.139. The van der Waals surface area contributed by atoms with Crippen molar-refractivity contribution >= 4 is 0 Å². The predicted octanol–water partition coefficient (Wildman–Crippen LogP) is 1.05. The Labute approximate surface area is 37.0 Å². The summed E-state index contributed by atoms with van der Waals surface area (Å²) in [6, 6.07) is 0. The Morgan fingerprint density at radius 1 is 1.83 bits per heavy atom. The normalized spacial score (nSPS) is 10.3. The molecule has 6 heavy (non-hydrogen) atoms. The van der Waals surface area contributed by atoms with E-state index in [9.17, 15) is 0 Å². The van der Waals surface area contributed by atoms with Gasteiger partial charge >= 0.3 is 0 Å². The highest BCUT2D eigenvalue weighted by atomic mass is 17.1. The highest BCUT2D eigenvalue weighted by Crippen LogP contribution is 1.68. The van der Waals surface area contributed by atoms with Gasteiger partial charge in [0.05, 0.1) is 0 Å². The van der Waals surface area contributed by atoms with Crippen LogP contribution in [-0.2, 0) is 4.89 Å². The summed E-state index contributed by atoms with van der Waals surface area (Å²) in [6.07, 6.45) is 3.51. The standard InChI is InChI=1S/C4H8O2/c1-2-3-4-6-5/h2-3,5H,4H2,1H3/b3-2+. The van der Waals surface area contributed by atoms with Crippen LogP contribution in [0.25, 0.3) is 0 Å². The lowest BCUT2D eigenvalue weighted by atomic mass is 10.6. The lowest BCUT2D eigenvalue weighted by molar-refractivity contribution is -0.231. The van der Waals surface area contributed by atoms with Crippen molar-refractivity contribution in [2.75, 3.05) is 6.61 Å². The average Bonchev–Trinajstić information content (AvgIpc) is 1.61. The van der Waals surface area contributed by atoms with E-state index in [4.69, 9.17) is 5.26 Å². The molecule has 0 saturated heterocycles. The van der Waals surface area contributed by atoms with E-state index in [1.54, 1.807) is 12.2 Å². The molecule has 1 N–H and O–H groups in total. The van der Waals surface area contributed by atoms with Crippen molar-refractivity contribution in [3.63, 3.8) is 0 Å². The smallest absolute Gasteiger partial charge is 0.100 e. The number of hydrogen-bond acceptors (Lipinski definition) is 2. The van der Waals surface area contributed by atoms with Crippen LogP contribution >= 0.6 is 0 Å². The Bertz CT molecular complexity index is 40.8. The fourth-order valence-electron chi connectivity index (χ4n) is 0.139. The highest BCUT2D eigenvalue weighted by molar-refractivity contribution is 4.74. The van der Waals surface area contributed by atoms with Gasteiger partial charge in [0, 0.05) is 0 Å². The summed E-state index contributed by atoms with van der Waals surface area (Å²) in [7, 11) is 0. The van der Waals surface area contributed by atoms with Crippen molar-refractivity contribution in [2.45, 2.75) is 6.92 Å². The van der Waals surface area contributed by atoms with Gasteiger partial charge in [-0.1, -0.05) is 12.2 Å². The van der Waals surface area contributed by atoms with Crippen LogP contribution in [0, 0.1) is 0 Å². The monoisotopic (exact) mass is 88.1 g/mol. The second-order valence-electron chi connectivity index (χ2n) is 0.865. The molecule has 0 bridgehead atoms. The molecule has 2 nitrogen and oxygen atoms in total. The van der Waals surface area contributed by atoms with Crippen LogP contribution in [-0.4, -0.2) is 11.9 Å². The molecule has 0 aliphatic heterocycles. The zero-order valence-corrected chi connectivity index (χ0v) is 3.72. The van der Waals surface area contributed by atoms with E-state index in [0.717, 1.165) is 0 Å². The molecular formula is C4H8O2. The van der Waals surface area contributed by atoms with Crippen LogP contribution in [0.4, 0.5) is 0 Å². The van der Waals surface area contributed by atoms with Crippen molar-refractivity contribution in [3.05, 3.63) is 12.2 Å². The molecule has 0 aliphatic carbocycles. The Kier molecular flexibility index (Phi) is 4.40. The van der Waals surface area contributed by atoms with E-state index in [1.165, 1.54) is 0 Å². The summed E-state index contributed by atoms with van der Waals surface area (Å²) in [5.74, 6) is 0. The molecule has 0 aromatic rings. The largest absolute Gasteiger partial charge is 0.252 e. The van der Waals surface area contributed by atoms with Gasteiger partial charge in [-0.15, -0.1) is 0 Å². The van der Waals surface area contributed by atoms with Crippen LogP contribution in [0.3, 0.4) is 0 Å². The molecular weight excluding hydrogens is 80.0 g/mol. The Morgan fingerprint density at radius 2 is 2.50 bits per heavy atom. The maximum atomic E-state index is 7.65. The van der Waals surface area contributed by atoms with Crippen LogP contribution in [0.2, 0.25) is 0 Å². The van der Waals surface area contributed by atoms with Gasteiger partial charge in [-0.05, 0) is 6.92 Å². The minimum absolute atomic E-state index is 0.288. The fraction of sp³-hybridized carbons (Fsp3) is 0.500. The first-order chi connectivity index (χ1) is 2.91. The molecule has 0 unspecified atom stereocenters. The van der Waals surface area contributed by atoms with Gasteiger partial charge in [0.25, 0.3) is 0 Å². The first-order valence-electron chi connectivity index (χ1n) is 1.79. The molecule has 0 spiro atoms. The van der Waals surface area contributed by atoms with Crippen molar-refractivity contribution in [2.24, 2.45) is 0 Å². The van der Waals surface area contributed by atoms with Gasteiger partial charge in [-0.2, -0.15) is 0 Å². The van der Waals surface area contributed by atoms with Gasteiger partial charge in [0.1, 0.15) is 6.61 Å². The molecule has 0 fully saturated rings. The molecule has 0 aromatic heterocycles. The summed E-state index contributed by atoms with van der Waals surface area (Å²) in [4.78, 5) is 3.70. The Hall–Kier alpha value is -0.340. The molecule has 0 rings (SSSR count). The summed E-state index contributed by atoms with van der Waals surface area (Å²) < 4.78 is 0. The molecule has 0 radical (unpaired) electrons. The quantitative estimate of drug-likeness (QED) is 0.310. The molecule has 0 aromatic carbocycles. The van der Waals surface area contributed by atoms with Gasteiger partial charge in [-0.3, -0.25) is 5.26 Å². The number of hydrogen-bond donors (Lipinski definition) is 1. The minimum atomic E-state index is 0.288. The maximum absolute atomic E-state index is 7.65. The maximum Gasteiger partial charge on any atom is 0.100 e. The summed E-state index contributed by atoms with van der Waals surface area (Å²) in [5, 5.41) is 7.65. The van der Waals surface area contributed by atoms with E-state index >= 15 is 0 Å². The summed E-state index contributed by atoms with van der Waals surface area (Å²) in [5.41, 5.74) is 0. The Morgan fingerprint density at radius 3 is 2.67 bits per heavy atom. The van der Waals surface area contributed by atoms with Gasteiger partial charge in [-0.25, -0.2) is 4.89 Å². The van der Waals surface area contributed by atoms with Crippen LogP contribution in [0.15, 0.2) is 12.2 Å². The van der Waals surface area contributed by atoms with E-state index in [2.05, 4.69) is 4.89 Å². The van der Waals surface area contributed by atoms with Crippen molar-refractivity contribution in [3.8, 4) is 0 Å². The molecule has 0 amide bonds. The third kappa shape index (κ3) is 3.66. The Balaban J connectivity index is 2.66. The summed E-state index contributed by atoms with van der Waals surface area (Å²) in [6.45, 7) is 2.15. The third-order valence-electron chi connectivity index (χ3n) is 0.406. The lowest BCUT2D eigenvalue weighted by Crippen LogP contribution is -1.79. The van der Waals surface area contributed by atoms with Crippen LogP contribution < -0.4 is 0 Å². The lowest BCUT2D eigenvalue weighted by Gasteiger charge is -1.79. The molecule has 0 saturated carbocycles.